The van der Waals surface area contributed by atoms with Crippen molar-refractivity contribution in [1.29, 1.82) is 0 Å². The molecule has 3 atom stereocenters. The first-order chi connectivity index (χ1) is 32.2. The average Bonchev–Trinajstić information content (AvgIpc) is 3.30. The van der Waals surface area contributed by atoms with Gasteiger partial charge in [0.05, 0.1) is 19.8 Å². The number of aliphatic hydroxyl groups excluding tert-OH is 1. The van der Waals surface area contributed by atoms with E-state index in [2.05, 4.69) is 93.7 Å². The van der Waals surface area contributed by atoms with E-state index in [4.69, 9.17) is 23.3 Å². The van der Waals surface area contributed by atoms with Crippen molar-refractivity contribution in [2.45, 2.75) is 213 Å². The molecule has 0 aromatic heterocycles. The van der Waals surface area contributed by atoms with Crippen LogP contribution in [0.3, 0.4) is 0 Å². The van der Waals surface area contributed by atoms with Crippen molar-refractivity contribution in [1.82, 2.24) is 0 Å². The van der Waals surface area contributed by atoms with Gasteiger partial charge in [-0.1, -0.05) is 183 Å². The molecule has 0 aliphatic carbocycles. The number of hydrogen-bond acceptors (Lipinski definition) is 10. The fourth-order valence-corrected chi connectivity index (χ4v) is 7.21. The lowest BCUT2D eigenvalue weighted by Crippen LogP contribution is -2.30. The predicted octanol–water partition coefficient (Wildman–Crippen LogP) is 14.4. The second-order valence-electron chi connectivity index (χ2n) is 16.6. The lowest BCUT2D eigenvalue weighted by Gasteiger charge is -2.21. The van der Waals surface area contributed by atoms with Crippen molar-refractivity contribution < 1.29 is 52.2 Å². The van der Waals surface area contributed by atoms with Crippen molar-refractivity contribution in [3.63, 3.8) is 0 Å². The van der Waals surface area contributed by atoms with Crippen LogP contribution in [0.2, 0.25) is 0 Å². The van der Waals surface area contributed by atoms with Crippen LogP contribution in [0, 0.1) is 0 Å². The van der Waals surface area contributed by atoms with Gasteiger partial charge in [-0.25, -0.2) is 4.57 Å². The molecule has 3 unspecified atom stereocenters. The highest BCUT2D eigenvalue weighted by Crippen LogP contribution is 2.43. The van der Waals surface area contributed by atoms with E-state index in [1.54, 1.807) is 0 Å². The summed E-state index contributed by atoms with van der Waals surface area (Å²) >= 11 is 0. The Hall–Kier alpha value is -3.34. The van der Waals surface area contributed by atoms with Crippen LogP contribution in [0.15, 0.2) is 85.1 Å². The number of esters is 3. The summed E-state index contributed by atoms with van der Waals surface area (Å²) in [4.78, 5) is 48.2. The van der Waals surface area contributed by atoms with Gasteiger partial charge in [0.1, 0.15) is 12.7 Å². The van der Waals surface area contributed by atoms with Crippen LogP contribution in [0.4, 0.5) is 0 Å². The quantitative estimate of drug-likeness (QED) is 0.0197. The second-order valence-corrected chi connectivity index (χ2v) is 18.1. The van der Waals surface area contributed by atoms with Gasteiger partial charge in [0.15, 0.2) is 6.10 Å². The SMILES string of the molecule is CC/C=C\C/C=C\C/C=C\C/C=C\C/C=C\CCCC(=O)OC(COC(=O)CCCCCCC/C=C\C/C=C\CCC)COP(=O)(O)OCC(CO)OC(=O)CCCCCCCCCCC. The summed E-state index contributed by atoms with van der Waals surface area (Å²) in [5.74, 6) is -1.56. The van der Waals surface area contributed by atoms with E-state index >= 15 is 0 Å². The molecule has 0 bridgehead atoms. The smallest absolute Gasteiger partial charge is 0.462 e. The first kappa shape index (κ1) is 62.7. The highest BCUT2D eigenvalue weighted by Gasteiger charge is 2.28. The summed E-state index contributed by atoms with van der Waals surface area (Å²) in [6.07, 6.45) is 52.8. The van der Waals surface area contributed by atoms with Gasteiger partial charge in [0.25, 0.3) is 0 Å². The predicted molar refractivity (Wildman–Crippen MR) is 270 cm³/mol. The highest BCUT2D eigenvalue weighted by atomic mass is 31.2. The lowest BCUT2D eigenvalue weighted by atomic mass is 10.1. The molecule has 0 aromatic carbocycles. The maximum Gasteiger partial charge on any atom is 0.472 e. The van der Waals surface area contributed by atoms with Gasteiger partial charge in [0.2, 0.25) is 0 Å². The molecular weight excluding hydrogens is 856 g/mol. The largest absolute Gasteiger partial charge is 0.472 e. The first-order valence-corrected chi connectivity index (χ1v) is 27.0. The van der Waals surface area contributed by atoms with Crippen molar-refractivity contribution in [3.8, 4) is 0 Å². The minimum atomic E-state index is -4.76. The maximum atomic E-state index is 12.8. The molecule has 0 rings (SSSR count). The molecule has 0 aliphatic heterocycles. The van der Waals surface area contributed by atoms with Crippen LogP contribution in [0.5, 0.6) is 0 Å². The fraction of sp³-hybridized carbons (Fsp3) is 0.685. The molecule has 0 aliphatic rings. The standard InChI is InChI=1S/C54H91O11P/c1-4-7-10-13-16-19-21-23-24-25-26-28-30-33-36-39-42-45-54(58)65-51(47-61-52(56)43-40-37-34-32-29-27-22-20-17-14-11-8-5-2)49-63-66(59,60)62-48-50(46-55)64-53(57)44-41-38-35-31-18-15-12-9-6-3/h7,10-11,14,16,19-20,22-24,26,28,33,36,50-51,55H,4-6,8-9,12-13,15,17-18,21,25,27,29-32,34-35,37-49H2,1-3H3,(H,59,60)/b10-7-,14-11-,19-16-,22-20-,24-23-,28-26-,36-33-. The molecular formula is C54H91O11P. The number of hydrogen-bond donors (Lipinski definition) is 2. The van der Waals surface area contributed by atoms with E-state index in [1.165, 1.54) is 32.1 Å². The molecule has 0 fully saturated rings. The van der Waals surface area contributed by atoms with Crippen molar-refractivity contribution in [3.05, 3.63) is 85.1 Å². The Labute approximate surface area is 400 Å². The number of aliphatic hydroxyl groups is 1. The molecule has 66 heavy (non-hydrogen) atoms. The monoisotopic (exact) mass is 947 g/mol. The summed E-state index contributed by atoms with van der Waals surface area (Å²) < 4.78 is 39.2. The summed E-state index contributed by atoms with van der Waals surface area (Å²) in [7, 11) is -4.76. The van der Waals surface area contributed by atoms with Gasteiger partial charge in [0, 0.05) is 19.3 Å². The first-order valence-electron chi connectivity index (χ1n) is 25.5. The minimum Gasteiger partial charge on any atom is -0.462 e. The van der Waals surface area contributed by atoms with Crippen molar-refractivity contribution in [2.24, 2.45) is 0 Å². The molecule has 11 nitrogen and oxygen atoms in total. The molecule has 378 valence electrons. The lowest BCUT2D eigenvalue weighted by molar-refractivity contribution is -0.161. The molecule has 0 aromatic rings. The van der Waals surface area contributed by atoms with Crippen LogP contribution < -0.4 is 0 Å². The molecule has 0 spiro atoms. The van der Waals surface area contributed by atoms with E-state index in [1.807, 2.05) is 12.2 Å². The molecule has 0 heterocycles. The highest BCUT2D eigenvalue weighted by molar-refractivity contribution is 7.47. The normalized spacial score (nSPS) is 14.2. The fourth-order valence-electron chi connectivity index (χ4n) is 6.43. The number of unbranched alkanes of at least 4 members (excludes halogenated alkanes) is 15. The Morgan fingerprint density at radius 3 is 1.33 bits per heavy atom. The number of ether oxygens (including phenoxy) is 3. The van der Waals surface area contributed by atoms with Gasteiger partial charge in [-0.05, 0) is 83.5 Å². The van der Waals surface area contributed by atoms with Gasteiger partial charge in [-0.2, -0.15) is 0 Å². The average molecular weight is 947 g/mol. The molecule has 2 N–H and O–H groups in total. The summed E-state index contributed by atoms with van der Waals surface area (Å²) in [5, 5.41) is 9.74. The number of carbonyl (C=O) groups is 3. The Morgan fingerprint density at radius 2 is 0.833 bits per heavy atom. The summed E-state index contributed by atoms with van der Waals surface area (Å²) in [6, 6.07) is 0. The number of rotatable bonds is 46. The third kappa shape index (κ3) is 45.8. The summed E-state index contributed by atoms with van der Waals surface area (Å²) in [6.45, 7) is 4.33. The molecule has 12 heteroatoms. The van der Waals surface area contributed by atoms with Crippen LogP contribution in [-0.2, 0) is 42.2 Å². The van der Waals surface area contributed by atoms with Gasteiger partial charge in [-0.15, -0.1) is 0 Å². The van der Waals surface area contributed by atoms with Crippen LogP contribution in [0.1, 0.15) is 201 Å². The molecule has 0 saturated heterocycles. The number of phosphoric acid groups is 1. The Balaban J connectivity index is 4.88. The Bertz CT molecular complexity index is 1430. The summed E-state index contributed by atoms with van der Waals surface area (Å²) in [5.41, 5.74) is 0. The Morgan fingerprint density at radius 1 is 0.439 bits per heavy atom. The number of phosphoric ester groups is 1. The van der Waals surface area contributed by atoms with Gasteiger partial charge < -0.3 is 24.2 Å². The minimum absolute atomic E-state index is 0.0838. The number of carbonyl (C=O) groups excluding carboxylic acids is 3. The third-order valence-corrected chi connectivity index (χ3v) is 11.2. The van der Waals surface area contributed by atoms with Crippen molar-refractivity contribution >= 4 is 25.7 Å². The van der Waals surface area contributed by atoms with Gasteiger partial charge in [-0.3, -0.25) is 23.4 Å². The zero-order valence-corrected chi connectivity index (χ0v) is 42.3. The third-order valence-electron chi connectivity index (χ3n) is 10.3. The topological polar surface area (TPSA) is 155 Å². The molecule has 0 amide bonds. The van der Waals surface area contributed by atoms with Gasteiger partial charge >= 0.3 is 25.7 Å². The van der Waals surface area contributed by atoms with Crippen molar-refractivity contribution in [2.75, 3.05) is 26.4 Å². The zero-order chi connectivity index (χ0) is 48.4. The van der Waals surface area contributed by atoms with E-state index in [0.717, 1.165) is 103 Å². The number of allylic oxidation sites excluding steroid dienone is 14. The van der Waals surface area contributed by atoms with Crippen LogP contribution >= 0.6 is 7.82 Å². The van der Waals surface area contributed by atoms with Crippen LogP contribution in [-0.4, -0.2) is 66.5 Å². The van der Waals surface area contributed by atoms with E-state index in [-0.39, 0.29) is 25.9 Å². The van der Waals surface area contributed by atoms with E-state index < -0.39 is 57.8 Å². The Kier molecular flexibility index (Phi) is 45.7. The second kappa shape index (κ2) is 48.1. The maximum absolute atomic E-state index is 12.8. The van der Waals surface area contributed by atoms with Crippen LogP contribution in [0.25, 0.3) is 0 Å². The molecule has 0 saturated carbocycles. The zero-order valence-electron chi connectivity index (χ0n) is 41.4. The molecule has 0 radical (unpaired) electrons. The van der Waals surface area contributed by atoms with E-state index in [9.17, 15) is 28.9 Å². The van der Waals surface area contributed by atoms with E-state index in [0.29, 0.717) is 25.7 Å².